The molecule has 170 valence electrons. The fourth-order valence-electron chi connectivity index (χ4n) is 3.42. The lowest BCUT2D eigenvalue weighted by molar-refractivity contribution is 0.0497. The summed E-state index contributed by atoms with van der Waals surface area (Å²) in [6.07, 6.45) is 3.80. The standard InChI is InChI=1S/C22H37N3O5/c1-22(2,3)30-21(27)24-16-8-10-25(11-9-16)18-15-19(28-4)17(23)14-20(18)29-13-7-5-6-12-26/h14-16,26H,5-13,23H2,1-4H3,(H,24,27). The molecule has 1 heterocycles. The predicted octanol–water partition coefficient (Wildman–Crippen LogP) is 3.31. The number of ether oxygens (including phenoxy) is 3. The Morgan fingerprint density at radius 2 is 1.90 bits per heavy atom. The lowest BCUT2D eigenvalue weighted by Crippen LogP contribution is -2.46. The Bertz CT molecular complexity index is 682. The van der Waals surface area contributed by atoms with E-state index >= 15 is 0 Å². The lowest BCUT2D eigenvalue weighted by Gasteiger charge is -2.35. The van der Waals surface area contributed by atoms with Gasteiger partial charge >= 0.3 is 6.09 Å². The molecule has 8 heteroatoms. The molecule has 0 atom stereocenters. The second-order valence-corrected chi connectivity index (χ2v) is 8.60. The first-order valence-corrected chi connectivity index (χ1v) is 10.7. The van der Waals surface area contributed by atoms with Gasteiger partial charge in [0, 0.05) is 37.9 Å². The predicted molar refractivity (Wildman–Crippen MR) is 118 cm³/mol. The van der Waals surface area contributed by atoms with Gasteiger partial charge in [-0.3, -0.25) is 0 Å². The van der Waals surface area contributed by atoms with Gasteiger partial charge in [-0.05, 0) is 52.9 Å². The first-order valence-electron chi connectivity index (χ1n) is 10.7. The zero-order valence-electron chi connectivity index (χ0n) is 18.7. The summed E-state index contributed by atoms with van der Waals surface area (Å²) in [6.45, 7) is 7.88. The maximum atomic E-state index is 12.0. The molecule has 1 aliphatic heterocycles. The molecule has 0 aliphatic carbocycles. The number of anilines is 2. The van der Waals surface area contributed by atoms with Crippen LogP contribution >= 0.6 is 0 Å². The van der Waals surface area contributed by atoms with Gasteiger partial charge in [0.2, 0.25) is 0 Å². The molecule has 1 aliphatic rings. The lowest BCUT2D eigenvalue weighted by atomic mass is 10.0. The summed E-state index contributed by atoms with van der Waals surface area (Å²) in [5, 5.41) is 11.9. The molecule has 1 aromatic carbocycles. The number of nitrogens with two attached hydrogens (primary N) is 1. The number of carbonyl (C=O) groups excluding carboxylic acids is 1. The maximum absolute atomic E-state index is 12.0. The highest BCUT2D eigenvalue weighted by atomic mass is 16.6. The average Bonchev–Trinajstić information content (AvgIpc) is 2.67. The van der Waals surface area contributed by atoms with Gasteiger partial charge in [-0.25, -0.2) is 4.79 Å². The molecule has 8 nitrogen and oxygen atoms in total. The number of hydrogen-bond donors (Lipinski definition) is 3. The smallest absolute Gasteiger partial charge is 0.407 e. The van der Waals surface area contributed by atoms with Gasteiger partial charge in [-0.1, -0.05) is 0 Å². The molecule has 30 heavy (non-hydrogen) atoms. The Hall–Kier alpha value is -2.35. The highest BCUT2D eigenvalue weighted by Crippen LogP contribution is 2.38. The molecule has 0 radical (unpaired) electrons. The largest absolute Gasteiger partial charge is 0.495 e. The number of rotatable bonds is 9. The molecule has 1 saturated heterocycles. The van der Waals surface area contributed by atoms with Crippen molar-refractivity contribution >= 4 is 17.5 Å². The minimum absolute atomic E-state index is 0.0784. The van der Waals surface area contributed by atoms with Crippen LogP contribution < -0.4 is 25.4 Å². The van der Waals surface area contributed by atoms with E-state index in [9.17, 15) is 4.79 Å². The van der Waals surface area contributed by atoms with Crippen molar-refractivity contribution < 1.29 is 24.1 Å². The first-order chi connectivity index (χ1) is 14.2. The number of unbranched alkanes of at least 4 members (excludes halogenated alkanes) is 2. The monoisotopic (exact) mass is 423 g/mol. The summed E-state index contributed by atoms with van der Waals surface area (Å²) in [6, 6.07) is 3.81. The summed E-state index contributed by atoms with van der Waals surface area (Å²) in [7, 11) is 1.60. The fourth-order valence-corrected chi connectivity index (χ4v) is 3.42. The van der Waals surface area contributed by atoms with E-state index in [0.29, 0.717) is 18.0 Å². The van der Waals surface area contributed by atoms with Crippen molar-refractivity contribution in [2.75, 3.05) is 44.0 Å². The van der Waals surface area contributed by atoms with Gasteiger partial charge < -0.3 is 35.3 Å². The molecule has 1 fully saturated rings. The molecule has 0 spiro atoms. The van der Waals surface area contributed by atoms with E-state index in [4.69, 9.17) is 25.1 Å². The van der Waals surface area contributed by atoms with Crippen molar-refractivity contribution in [2.24, 2.45) is 0 Å². The van der Waals surface area contributed by atoms with E-state index in [0.717, 1.165) is 56.6 Å². The number of nitrogens with one attached hydrogen (secondary N) is 1. The van der Waals surface area contributed by atoms with Gasteiger partial charge in [0.15, 0.2) is 0 Å². The summed E-state index contributed by atoms with van der Waals surface area (Å²) in [5.41, 5.74) is 7.07. The van der Waals surface area contributed by atoms with Crippen LogP contribution in [0.1, 0.15) is 52.9 Å². The Balaban J connectivity index is 1.99. The van der Waals surface area contributed by atoms with E-state index in [1.54, 1.807) is 7.11 Å². The number of aliphatic hydroxyl groups is 1. The number of nitrogens with zero attached hydrogens (tertiary/aromatic N) is 1. The minimum atomic E-state index is -0.505. The molecule has 1 aromatic rings. The third kappa shape index (κ3) is 7.48. The molecular formula is C22H37N3O5. The van der Waals surface area contributed by atoms with Crippen LogP contribution in [-0.2, 0) is 4.74 Å². The number of aliphatic hydroxyl groups excluding tert-OH is 1. The number of hydrogen-bond acceptors (Lipinski definition) is 7. The molecule has 0 bridgehead atoms. The topological polar surface area (TPSA) is 106 Å². The summed E-state index contributed by atoms with van der Waals surface area (Å²) >= 11 is 0. The van der Waals surface area contributed by atoms with Crippen molar-refractivity contribution in [3.63, 3.8) is 0 Å². The van der Waals surface area contributed by atoms with Crippen LogP contribution in [0.5, 0.6) is 11.5 Å². The summed E-state index contributed by atoms with van der Waals surface area (Å²) < 4.78 is 16.8. The molecule has 0 aromatic heterocycles. The minimum Gasteiger partial charge on any atom is -0.495 e. The van der Waals surface area contributed by atoms with Crippen LogP contribution in [0.4, 0.5) is 16.2 Å². The molecule has 0 unspecified atom stereocenters. The number of amides is 1. The number of piperidine rings is 1. The number of methoxy groups -OCH3 is 1. The Labute approximate surface area is 179 Å². The van der Waals surface area contributed by atoms with E-state index in [2.05, 4.69) is 10.2 Å². The van der Waals surface area contributed by atoms with Crippen LogP contribution in [0, 0.1) is 0 Å². The Morgan fingerprint density at radius 1 is 1.20 bits per heavy atom. The van der Waals surface area contributed by atoms with Crippen molar-refractivity contribution in [1.82, 2.24) is 5.32 Å². The van der Waals surface area contributed by atoms with Crippen LogP contribution in [0.2, 0.25) is 0 Å². The van der Waals surface area contributed by atoms with Gasteiger partial charge in [-0.15, -0.1) is 0 Å². The third-order valence-corrected chi connectivity index (χ3v) is 4.93. The van der Waals surface area contributed by atoms with Gasteiger partial charge in [-0.2, -0.15) is 0 Å². The van der Waals surface area contributed by atoms with Crippen LogP contribution in [0.3, 0.4) is 0 Å². The zero-order chi connectivity index (χ0) is 22.1. The quantitative estimate of drug-likeness (QED) is 0.413. The fraction of sp³-hybridized carbons (Fsp3) is 0.682. The van der Waals surface area contributed by atoms with E-state index < -0.39 is 5.60 Å². The number of alkyl carbamates (subject to hydrolysis) is 1. The molecular weight excluding hydrogens is 386 g/mol. The Kier molecular flexibility index (Phi) is 8.89. The van der Waals surface area contributed by atoms with Crippen molar-refractivity contribution in [2.45, 2.75) is 64.5 Å². The molecule has 4 N–H and O–H groups in total. The SMILES string of the molecule is COc1cc(N2CCC(NC(=O)OC(C)(C)C)CC2)c(OCCCCCO)cc1N. The molecule has 2 rings (SSSR count). The van der Waals surface area contributed by atoms with Crippen LogP contribution in [0.15, 0.2) is 12.1 Å². The second-order valence-electron chi connectivity index (χ2n) is 8.60. The number of carbonyl (C=O) groups is 1. The maximum Gasteiger partial charge on any atom is 0.407 e. The summed E-state index contributed by atoms with van der Waals surface area (Å²) in [5.74, 6) is 1.35. The highest BCUT2D eigenvalue weighted by molar-refractivity contribution is 5.71. The average molecular weight is 424 g/mol. The second kappa shape index (κ2) is 11.2. The van der Waals surface area contributed by atoms with Gasteiger partial charge in [0.1, 0.15) is 17.1 Å². The van der Waals surface area contributed by atoms with Gasteiger partial charge in [0.05, 0.1) is 25.1 Å². The number of nitrogen functional groups attached to an aromatic ring is 1. The normalized spacial score (nSPS) is 15.0. The van der Waals surface area contributed by atoms with E-state index in [-0.39, 0.29) is 18.7 Å². The Morgan fingerprint density at radius 3 is 2.50 bits per heavy atom. The van der Waals surface area contributed by atoms with Crippen molar-refractivity contribution in [1.29, 1.82) is 0 Å². The van der Waals surface area contributed by atoms with Crippen LogP contribution in [0.25, 0.3) is 0 Å². The van der Waals surface area contributed by atoms with Gasteiger partial charge in [0.25, 0.3) is 0 Å². The molecule has 0 saturated carbocycles. The highest BCUT2D eigenvalue weighted by Gasteiger charge is 2.25. The van der Waals surface area contributed by atoms with E-state index in [1.165, 1.54) is 0 Å². The first kappa shape index (κ1) is 23.9. The third-order valence-electron chi connectivity index (χ3n) is 4.93. The van der Waals surface area contributed by atoms with Crippen LogP contribution in [-0.4, -0.2) is 56.3 Å². The molecule has 1 amide bonds. The van der Waals surface area contributed by atoms with Crippen molar-refractivity contribution in [3.8, 4) is 11.5 Å². The zero-order valence-corrected chi connectivity index (χ0v) is 18.7. The summed E-state index contributed by atoms with van der Waals surface area (Å²) in [4.78, 5) is 14.3. The number of benzene rings is 1. The van der Waals surface area contributed by atoms with E-state index in [1.807, 2.05) is 32.9 Å². The van der Waals surface area contributed by atoms with Crippen molar-refractivity contribution in [3.05, 3.63) is 12.1 Å².